The van der Waals surface area contributed by atoms with Gasteiger partial charge < -0.3 is 15.0 Å². The number of halogens is 2. The molecular formula is C13H14Cl2N2O4. The molecule has 0 bridgehead atoms. The second-order valence-corrected chi connectivity index (χ2v) is 4.89. The molecule has 6 nitrogen and oxygen atoms in total. The third kappa shape index (κ3) is 4.91. The number of hydrogen-bond acceptors (Lipinski definition) is 4. The van der Waals surface area contributed by atoms with Crippen molar-refractivity contribution in [2.24, 2.45) is 0 Å². The summed E-state index contributed by atoms with van der Waals surface area (Å²) in [6.45, 7) is -0.611. The predicted octanol–water partition coefficient (Wildman–Crippen LogP) is 1.35. The van der Waals surface area contributed by atoms with Crippen LogP contribution in [0.15, 0.2) is 18.2 Å². The Labute approximate surface area is 132 Å². The number of amides is 2. The number of likely N-dealkylation sites (N-methyl/N-ethyl adjacent to an activating group) is 2. The smallest absolute Gasteiger partial charge is 0.340 e. The lowest BCUT2D eigenvalue weighted by atomic mass is 10.2. The molecule has 2 amide bonds. The maximum Gasteiger partial charge on any atom is 0.340 e. The topological polar surface area (TPSA) is 75.7 Å². The number of nitrogens with zero attached hydrogens (tertiary/aromatic N) is 1. The van der Waals surface area contributed by atoms with Gasteiger partial charge in [-0.2, -0.15) is 0 Å². The number of ether oxygens (including phenoxy) is 1. The molecule has 0 spiro atoms. The van der Waals surface area contributed by atoms with Gasteiger partial charge in [0.05, 0.1) is 22.2 Å². The minimum absolute atomic E-state index is 0.0651. The zero-order valence-electron chi connectivity index (χ0n) is 11.5. The first-order valence-electron chi connectivity index (χ1n) is 5.92. The molecular weight excluding hydrogens is 319 g/mol. The highest BCUT2D eigenvalue weighted by Gasteiger charge is 2.18. The molecule has 0 saturated carbocycles. The van der Waals surface area contributed by atoms with Crippen molar-refractivity contribution in [1.82, 2.24) is 10.2 Å². The van der Waals surface area contributed by atoms with Crippen molar-refractivity contribution < 1.29 is 19.1 Å². The molecule has 1 N–H and O–H groups in total. The molecule has 0 fully saturated rings. The van der Waals surface area contributed by atoms with Crippen LogP contribution in [-0.4, -0.2) is 49.9 Å². The van der Waals surface area contributed by atoms with Gasteiger partial charge in [0, 0.05) is 14.1 Å². The third-order valence-electron chi connectivity index (χ3n) is 2.58. The van der Waals surface area contributed by atoms with Crippen molar-refractivity contribution in [2.75, 3.05) is 27.2 Å². The molecule has 0 aliphatic rings. The molecule has 114 valence electrons. The molecule has 0 aliphatic heterocycles. The Bertz CT molecular complexity index is 563. The van der Waals surface area contributed by atoms with E-state index in [4.69, 9.17) is 27.9 Å². The molecule has 1 rings (SSSR count). The first kappa shape index (κ1) is 17.3. The molecule has 0 aromatic heterocycles. The van der Waals surface area contributed by atoms with Crippen molar-refractivity contribution >= 4 is 41.0 Å². The van der Waals surface area contributed by atoms with E-state index < -0.39 is 18.5 Å². The van der Waals surface area contributed by atoms with Gasteiger partial charge in [-0.05, 0) is 12.1 Å². The molecule has 0 heterocycles. The maximum absolute atomic E-state index is 11.8. The summed E-state index contributed by atoms with van der Waals surface area (Å²) >= 11 is 11.7. The van der Waals surface area contributed by atoms with E-state index in [0.717, 1.165) is 4.90 Å². The Morgan fingerprint density at radius 2 is 1.95 bits per heavy atom. The fourth-order valence-electron chi connectivity index (χ4n) is 1.36. The van der Waals surface area contributed by atoms with Gasteiger partial charge in [-0.15, -0.1) is 0 Å². The first-order valence-corrected chi connectivity index (χ1v) is 6.68. The van der Waals surface area contributed by atoms with Crippen molar-refractivity contribution in [2.45, 2.75) is 0 Å². The first-order chi connectivity index (χ1) is 9.86. The van der Waals surface area contributed by atoms with Gasteiger partial charge in [-0.1, -0.05) is 29.3 Å². The highest BCUT2D eigenvalue weighted by molar-refractivity contribution is 6.43. The summed E-state index contributed by atoms with van der Waals surface area (Å²) in [5, 5.41) is 2.66. The average molecular weight is 333 g/mol. The van der Waals surface area contributed by atoms with Gasteiger partial charge in [-0.3, -0.25) is 9.59 Å². The van der Waals surface area contributed by atoms with Crippen LogP contribution in [-0.2, 0) is 14.3 Å². The Balaban J connectivity index is 2.58. The monoisotopic (exact) mass is 332 g/mol. The fourth-order valence-corrected chi connectivity index (χ4v) is 1.74. The quantitative estimate of drug-likeness (QED) is 0.826. The number of nitrogens with one attached hydrogen (secondary N) is 1. The Kier molecular flexibility index (Phi) is 6.45. The van der Waals surface area contributed by atoms with Crippen LogP contribution in [0.5, 0.6) is 0 Å². The normalized spacial score (nSPS) is 9.90. The minimum Gasteiger partial charge on any atom is -0.452 e. The van der Waals surface area contributed by atoms with Crippen LogP contribution in [0.4, 0.5) is 0 Å². The summed E-state index contributed by atoms with van der Waals surface area (Å²) in [7, 11) is 2.89. The minimum atomic E-state index is -0.760. The summed E-state index contributed by atoms with van der Waals surface area (Å²) in [4.78, 5) is 35.8. The molecule has 8 heteroatoms. The van der Waals surface area contributed by atoms with Crippen LogP contribution >= 0.6 is 23.2 Å². The van der Waals surface area contributed by atoms with Crippen LogP contribution in [0.25, 0.3) is 0 Å². The van der Waals surface area contributed by atoms with Crippen molar-refractivity contribution in [3.63, 3.8) is 0 Å². The number of hydrogen-bond donors (Lipinski definition) is 1. The second kappa shape index (κ2) is 7.85. The van der Waals surface area contributed by atoms with Gasteiger partial charge in [-0.25, -0.2) is 4.79 Å². The molecule has 1 aromatic rings. The van der Waals surface area contributed by atoms with Gasteiger partial charge in [0.15, 0.2) is 6.61 Å². The van der Waals surface area contributed by atoms with Crippen LogP contribution in [0, 0.1) is 0 Å². The summed E-state index contributed by atoms with van der Waals surface area (Å²) in [6.07, 6.45) is 0. The van der Waals surface area contributed by atoms with Gasteiger partial charge >= 0.3 is 5.97 Å². The van der Waals surface area contributed by atoms with Gasteiger partial charge in [0.2, 0.25) is 5.91 Å². The van der Waals surface area contributed by atoms with Crippen LogP contribution < -0.4 is 5.32 Å². The van der Waals surface area contributed by atoms with E-state index >= 15 is 0 Å². The van der Waals surface area contributed by atoms with E-state index in [1.54, 1.807) is 6.07 Å². The van der Waals surface area contributed by atoms with Gasteiger partial charge in [0.25, 0.3) is 5.91 Å². The fraction of sp³-hybridized carbons (Fsp3) is 0.308. The van der Waals surface area contributed by atoms with E-state index in [1.807, 2.05) is 0 Å². The summed E-state index contributed by atoms with van der Waals surface area (Å²) < 4.78 is 4.86. The number of carbonyl (C=O) groups is 3. The molecule has 0 radical (unpaired) electrons. The molecule has 1 aromatic carbocycles. The second-order valence-electron chi connectivity index (χ2n) is 4.10. The lowest BCUT2D eigenvalue weighted by Crippen LogP contribution is -2.39. The number of carbonyl (C=O) groups excluding carboxylic acids is 3. The van der Waals surface area contributed by atoms with Crippen molar-refractivity contribution in [3.05, 3.63) is 33.8 Å². The van der Waals surface area contributed by atoms with E-state index in [0.29, 0.717) is 0 Å². The van der Waals surface area contributed by atoms with Crippen LogP contribution in [0.2, 0.25) is 10.0 Å². The lowest BCUT2D eigenvalue weighted by molar-refractivity contribution is -0.137. The summed E-state index contributed by atoms with van der Waals surface area (Å²) in [6, 6.07) is 4.52. The number of esters is 1. The van der Waals surface area contributed by atoms with E-state index in [2.05, 4.69) is 5.32 Å². The number of benzene rings is 1. The van der Waals surface area contributed by atoms with Crippen molar-refractivity contribution in [3.8, 4) is 0 Å². The molecule has 21 heavy (non-hydrogen) atoms. The molecule has 0 unspecified atom stereocenters. The Morgan fingerprint density at radius 3 is 2.57 bits per heavy atom. The molecule has 0 aliphatic carbocycles. The average Bonchev–Trinajstić information content (AvgIpc) is 2.46. The molecule has 0 saturated heterocycles. The largest absolute Gasteiger partial charge is 0.452 e. The SMILES string of the molecule is CNC(=O)CN(C)C(=O)COC(=O)c1cccc(Cl)c1Cl. The highest BCUT2D eigenvalue weighted by Crippen LogP contribution is 2.25. The molecule has 0 atom stereocenters. The lowest BCUT2D eigenvalue weighted by Gasteiger charge is -2.16. The standard InChI is InChI=1S/C13H14Cl2N2O4/c1-16-10(18)6-17(2)11(19)7-21-13(20)8-4-3-5-9(14)12(8)15/h3-5H,6-7H2,1-2H3,(H,16,18). The zero-order valence-corrected chi connectivity index (χ0v) is 13.0. The number of rotatable bonds is 5. The van der Waals surface area contributed by atoms with Gasteiger partial charge in [0.1, 0.15) is 0 Å². The third-order valence-corrected chi connectivity index (χ3v) is 3.40. The predicted molar refractivity (Wildman–Crippen MR) is 78.4 cm³/mol. The van der Waals surface area contributed by atoms with Crippen LogP contribution in [0.3, 0.4) is 0 Å². The Hall–Kier alpha value is -1.79. The zero-order chi connectivity index (χ0) is 16.0. The van der Waals surface area contributed by atoms with E-state index in [-0.39, 0.29) is 28.1 Å². The van der Waals surface area contributed by atoms with Crippen molar-refractivity contribution in [1.29, 1.82) is 0 Å². The highest BCUT2D eigenvalue weighted by atomic mass is 35.5. The summed E-state index contributed by atoms with van der Waals surface area (Å²) in [5.74, 6) is -1.59. The Morgan fingerprint density at radius 1 is 1.29 bits per heavy atom. The van der Waals surface area contributed by atoms with E-state index in [9.17, 15) is 14.4 Å². The van der Waals surface area contributed by atoms with E-state index in [1.165, 1.54) is 26.2 Å². The van der Waals surface area contributed by atoms with Crippen LogP contribution in [0.1, 0.15) is 10.4 Å². The summed E-state index contributed by atoms with van der Waals surface area (Å²) in [5.41, 5.74) is 0.0749. The maximum atomic E-state index is 11.8.